The first kappa shape index (κ1) is 24.6. The van der Waals surface area contributed by atoms with Crippen LogP contribution in [0, 0.1) is 5.92 Å². The Hall–Kier alpha value is -1.43. The largest absolute Gasteiger partial charge is 0.454 e. The molecular formula is C20H34F3NO2. The van der Waals surface area contributed by atoms with Gasteiger partial charge in [-0.15, -0.1) is 0 Å². The first-order valence-electron chi connectivity index (χ1n) is 9.70. The first-order chi connectivity index (χ1) is 12.5. The highest BCUT2D eigenvalue weighted by Crippen LogP contribution is 2.37. The maximum atomic E-state index is 12.3. The lowest BCUT2D eigenvalue weighted by Crippen LogP contribution is -2.39. The standard InChI is InChI=1S/C14H16F3NO2.3C2H6/c15-14(16,17)7-18-11(10-2-3-10)5-9-1-4-12-13(6-9)20-8-19-12;3*1-2/h1,4,6,10-11,18H,2-3,5,7-8H2;3*1-2H3. The number of hydrogen-bond donors (Lipinski definition) is 1. The fraction of sp³-hybridized carbons (Fsp3) is 0.700. The van der Waals surface area contributed by atoms with E-state index in [1.54, 1.807) is 0 Å². The third kappa shape index (κ3) is 8.79. The molecule has 0 saturated heterocycles. The lowest BCUT2D eigenvalue weighted by molar-refractivity contribution is -0.126. The molecule has 0 amide bonds. The summed E-state index contributed by atoms with van der Waals surface area (Å²) in [6, 6.07) is 5.42. The smallest absolute Gasteiger partial charge is 0.401 e. The lowest BCUT2D eigenvalue weighted by Gasteiger charge is -2.19. The topological polar surface area (TPSA) is 30.5 Å². The number of benzene rings is 1. The van der Waals surface area contributed by atoms with E-state index in [4.69, 9.17) is 9.47 Å². The maximum Gasteiger partial charge on any atom is 0.401 e. The predicted octanol–water partition coefficient (Wildman–Crippen LogP) is 5.97. The van der Waals surface area contributed by atoms with Gasteiger partial charge >= 0.3 is 6.18 Å². The van der Waals surface area contributed by atoms with Gasteiger partial charge in [0.1, 0.15) is 0 Å². The Morgan fingerprint density at radius 2 is 1.58 bits per heavy atom. The molecule has 0 radical (unpaired) electrons. The van der Waals surface area contributed by atoms with Crippen LogP contribution in [0.4, 0.5) is 13.2 Å². The summed E-state index contributed by atoms with van der Waals surface area (Å²) in [6.45, 7) is 11.3. The molecule has 1 aliphatic heterocycles. The number of halogens is 3. The summed E-state index contributed by atoms with van der Waals surface area (Å²) < 4.78 is 47.5. The van der Waals surface area contributed by atoms with Crippen molar-refractivity contribution in [1.29, 1.82) is 0 Å². The van der Waals surface area contributed by atoms with Crippen molar-refractivity contribution in [2.75, 3.05) is 13.3 Å². The molecule has 0 spiro atoms. The van der Waals surface area contributed by atoms with Gasteiger partial charge in [-0.1, -0.05) is 47.6 Å². The van der Waals surface area contributed by atoms with Crippen molar-refractivity contribution in [3.63, 3.8) is 0 Å². The van der Waals surface area contributed by atoms with Crippen LogP contribution in [0.3, 0.4) is 0 Å². The molecule has 152 valence electrons. The Bertz CT molecular complexity index is 488. The second kappa shape index (κ2) is 12.8. The van der Waals surface area contributed by atoms with Gasteiger partial charge in [0.15, 0.2) is 11.5 Å². The molecule has 0 bridgehead atoms. The number of nitrogens with one attached hydrogen (secondary N) is 1. The van der Waals surface area contributed by atoms with E-state index in [0.717, 1.165) is 18.4 Å². The van der Waals surface area contributed by atoms with Crippen LogP contribution in [0.15, 0.2) is 18.2 Å². The zero-order valence-corrected chi connectivity index (χ0v) is 16.9. The molecule has 0 aromatic heterocycles. The Morgan fingerprint density at radius 3 is 2.12 bits per heavy atom. The summed E-state index contributed by atoms with van der Waals surface area (Å²) in [5, 5.41) is 2.64. The van der Waals surface area contributed by atoms with Gasteiger partial charge in [-0.2, -0.15) is 13.2 Å². The molecule has 1 aromatic rings. The minimum absolute atomic E-state index is 0.128. The van der Waals surface area contributed by atoms with Gasteiger partial charge in [0, 0.05) is 6.04 Å². The summed E-state index contributed by atoms with van der Waals surface area (Å²) in [4.78, 5) is 0. The molecule has 6 heteroatoms. The van der Waals surface area contributed by atoms with Crippen LogP contribution in [-0.2, 0) is 6.42 Å². The average Bonchev–Trinajstić information content (AvgIpc) is 3.40. The highest BCUT2D eigenvalue weighted by molar-refractivity contribution is 5.44. The number of alkyl halides is 3. The lowest BCUT2D eigenvalue weighted by atomic mass is 10.0. The summed E-state index contributed by atoms with van der Waals surface area (Å²) in [5.74, 6) is 1.72. The van der Waals surface area contributed by atoms with Crippen molar-refractivity contribution in [2.45, 2.75) is 73.0 Å². The van der Waals surface area contributed by atoms with E-state index in [1.807, 2.05) is 59.7 Å². The minimum Gasteiger partial charge on any atom is -0.454 e. The molecule has 1 aromatic carbocycles. The van der Waals surface area contributed by atoms with Gasteiger partial charge in [0.2, 0.25) is 6.79 Å². The van der Waals surface area contributed by atoms with Gasteiger partial charge in [0.05, 0.1) is 6.54 Å². The second-order valence-electron chi connectivity index (χ2n) is 5.33. The van der Waals surface area contributed by atoms with Crippen LogP contribution in [0.5, 0.6) is 11.5 Å². The van der Waals surface area contributed by atoms with E-state index in [-0.39, 0.29) is 12.8 Å². The van der Waals surface area contributed by atoms with Crippen molar-refractivity contribution in [2.24, 2.45) is 5.92 Å². The van der Waals surface area contributed by atoms with Crippen LogP contribution in [0.1, 0.15) is 59.9 Å². The Labute approximate surface area is 156 Å². The predicted molar refractivity (Wildman–Crippen MR) is 101 cm³/mol. The molecule has 3 nitrogen and oxygen atoms in total. The number of rotatable bonds is 5. The summed E-state index contributed by atoms with van der Waals surface area (Å²) in [6.07, 6.45) is -1.58. The number of hydrogen-bond acceptors (Lipinski definition) is 3. The zero-order valence-electron chi connectivity index (χ0n) is 16.9. The third-order valence-corrected chi connectivity index (χ3v) is 3.65. The number of fused-ring (bicyclic) bond motifs is 1. The van der Waals surface area contributed by atoms with Crippen LogP contribution in [0.25, 0.3) is 0 Å². The zero-order chi connectivity index (χ0) is 20.2. The fourth-order valence-electron chi connectivity index (χ4n) is 2.47. The van der Waals surface area contributed by atoms with Crippen molar-refractivity contribution in [3.8, 4) is 11.5 Å². The molecule has 1 unspecified atom stereocenters. The quantitative estimate of drug-likeness (QED) is 0.686. The Balaban J connectivity index is 0.000000948. The van der Waals surface area contributed by atoms with Crippen molar-refractivity contribution in [3.05, 3.63) is 23.8 Å². The monoisotopic (exact) mass is 377 g/mol. The van der Waals surface area contributed by atoms with E-state index < -0.39 is 12.7 Å². The normalized spacial score (nSPS) is 15.4. The van der Waals surface area contributed by atoms with Gasteiger partial charge in [-0.3, -0.25) is 0 Å². The molecule has 1 N–H and O–H groups in total. The minimum atomic E-state index is -4.16. The molecule has 3 rings (SSSR count). The van der Waals surface area contributed by atoms with Crippen molar-refractivity contribution >= 4 is 0 Å². The van der Waals surface area contributed by atoms with Crippen LogP contribution < -0.4 is 14.8 Å². The van der Waals surface area contributed by atoms with E-state index in [1.165, 1.54) is 0 Å². The molecular weight excluding hydrogens is 343 g/mol. The van der Waals surface area contributed by atoms with E-state index in [9.17, 15) is 13.2 Å². The van der Waals surface area contributed by atoms with Crippen LogP contribution in [0.2, 0.25) is 0 Å². The molecule has 1 saturated carbocycles. The van der Waals surface area contributed by atoms with E-state index >= 15 is 0 Å². The molecule has 2 aliphatic rings. The average molecular weight is 377 g/mol. The first-order valence-corrected chi connectivity index (χ1v) is 9.70. The van der Waals surface area contributed by atoms with Gasteiger partial charge in [0.25, 0.3) is 0 Å². The van der Waals surface area contributed by atoms with Gasteiger partial charge in [-0.25, -0.2) is 0 Å². The third-order valence-electron chi connectivity index (χ3n) is 3.65. The molecule has 1 heterocycles. The fourth-order valence-corrected chi connectivity index (χ4v) is 2.47. The second-order valence-corrected chi connectivity index (χ2v) is 5.33. The molecule has 1 fully saturated rings. The van der Waals surface area contributed by atoms with E-state index in [0.29, 0.717) is 23.8 Å². The highest BCUT2D eigenvalue weighted by atomic mass is 19.4. The Kier molecular flexibility index (Phi) is 12.1. The SMILES string of the molecule is CC.CC.CC.FC(F)(F)CNC(Cc1ccc2c(c1)OCO2)C1CC1. The van der Waals surface area contributed by atoms with E-state index in [2.05, 4.69) is 5.32 Å². The van der Waals surface area contributed by atoms with Crippen molar-refractivity contribution < 1.29 is 22.6 Å². The summed E-state index contributed by atoms with van der Waals surface area (Å²) in [5.41, 5.74) is 0.973. The molecule has 1 atom stereocenters. The van der Waals surface area contributed by atoms with Crippen LogP contribution in [-0.4, -0.2) is 25.6 Å². The highest BCUT2D eigenvalue weighted by Gasteiger charge is 2.35. The summed E-state index contributed by atoms with van der Waals surface area (Å²) >= 11 is 0. The molecule has 1 aliphatic carbocycles. The molecule has 26 heavy (non-hydrogen) atoms. The Morgan fingerprint density at radius 1 is 1.00 bits per heavy atom. The number of ether oxygens (including phenoxy) is 2. The maximum absolute atomic E-state index is 12.3. The van der Waals surface area contributed by atoms with Gasteiger partial charge < -0.3 is 14.8 Å². The van der Waals surface area contributed by atoms with Crippen LogP contribution >= 0.6 is 0 Å². The van der Waals surface area contributed by atoms with Crippen molar-refractivity contribution in [1.82, 2.24) is 5.32 Å². The summed E-state index contributed by atoms with van der Waals surface area (Å²) in [7, 11) is 0. The van der Waals surface area contributed by atoms with Gasteiger partial charge in [-0.05, 0) is 42.9 Å².